The van der Waals surface area contributed by atoms with Crippen LogP contribution in [0, 0.1) is 0 Å². The second kappa shape index (κ2) is 5.60. The van der Waals surface area contributed by atoms with Crippen molar-refractivity contribution in [2.45, 2.75) is 13.3 Å². The minimum absolute atomic E-state index is 0.788. The molecule has 1 N–H and O–H groups in total. The molecule has 1 aromatic heterocycles. The molecule has 2 aromatic rings. The average Bonchev–Trinajstić information content (AvgIpc) is 2.31. The SMILES string of the molecule is CCc1nc(Br)cc(Nc2ccccc2Br)n1. The Bertz CT molecular complexity index is 529. The third-order valence-corrected chi connectivity index (χ3v) is 3.29. The Labute approximate surface area is 117 Å². The normalized spacial score (nSPS) is 10.3. The van der Waals surface area contributed by atoms with E-state index in [0.29, 0.717) is 0 Å². The molecule has 0 spiro atoms. The molecule has 0 bridgehead atoms. The Morgan fingerprint density at radius 3 is 2.65 bits per heavy atom. The molecule has 1 heterocycles. The lowest BCUT2D eigenvalue weighted by molar-refractivity contribution is 0.931. The summed E-state index contributed by atoms with van der Waals surface area (Å²) in [6.45, 7) is 2.03. The number of nitrogens with one attached hydrogen (secondary N) is 1. The highest BCUT2D eigenvalue weighted by Crippen LogP contribution is 2.25. The molecule has 0 fully saturated rings. The first-order valence-electron chi connectivity index (χ1n) is 5.24. The molecule has 88 valence electrons. The predicted molar refractivity (Wildman–Crippen MR) is 76.5 cm³/mol. The number of para-hydroxylation sites is 1. The first-order valence-corrected chi connectivity index (χ1v) is 6.82. The van der Waals surface area contributed by atoms with Crippen LogP contribution in [-0.4, -0.2) is 9.97 Å². The van der Waals surface area contributed by atoms with E-state index in [1.165, 1.54) is 0 Å². The van der Waals surface area contributed by atoms with Gasteiger partial charge < -0.3 is 5.32 Å². The van der Waals surface area contributed by atoms with Gasteiger partial charge in [0.1, 0.15) is 16.2 Å². The highest BCUT2D eigenvalue weighted by Gasteiger charge is 2.03. The van der Waals surface area contributed by atoms with Crippen molar-refractivity contribution in [1.82, 2.24) is 9.97 Å². The summed E-state index contributed by atoms with van der Waals surface area (Å²) >= 11 is 6.87. The van der Waals surface area contributed by atoms with Crippen molar-refractivity contribution >= 4 is 43.4 Å². The smallest absolute Gasteiger partial charge is 0.135 e. The largest absolute Gasteiger partial charge is 0.339 e. The lowest BCUT2D eigenvalue weighted by atomic mass is 10.3. The van der Waals surface area contributed by atoms with Crippen molar-refractivity contribution in [3.8, 4) is 0 Å². The minimum atomic E-state index is 0.788. The Morgan fingerprint density at radius 2 is 1.94 bits per heavy atom. The van der Waals surface area contributed by atoms with Gasteiger partial charge in [-0.2, -0.15) is 0 Å². The van der Waals surface area contributed by atoms with Gasteiger partial charge in [0.2, 0.25) is 0 Å². The van der Waals surface area contributed by atoms with Crippen LogP contribution in [0.1, 0.15) is 12.7 Å². The maximum absolute atomic E-state index is 4.42. The van der Waals surface area contributed by atoms with Crippen LogP contribution < -0.4 is 5.32 Å². The number of benzene rings is 1. The van der Waals surface area contributed by atoms with E-state index in [-0.39, 0.29) is 0 Å². The van der Waals surface area contributed by atoms with E-state index >= 15 is 0 Å². The number of hydrogen-bond acceptors (Lipinski definition) is 3. The molecule has 0 amide bonds. The van der Waals surface area contributed by atoms with Gasteiger partial charge in [-0.05, 0) is 44.0 Å². The summed E-state index contributed by atoms with van der Waals surface area (Å²) in [5.41, 5.74) is 0.986. The Kier molecular flexibility index (Phi) is 4.12. The van der Waals surface area contributed by atoms with Crippen LogP contribution in [0.15, 0.2) is 39.4 Å². The van der Waals surface area contributed by atoms with Crippen molar-refractivity contribution in [2.75, 3.05) is 5.32 Å². The first-order chi connectivity index (χ1) is 8.19. The van der Waals surface area contributed by atoms with Crippen LogP contribution in [0.5, 0.6) is 0 Å². The van der Waals surface area contributed by atoms with Crippen LogP contribution in [-0.2, 0) is 6.42 Å². The summed E-state index contributed by atoms with van der Waals surface area (Å²) in [7, 11) is 0. The van der Waals surface area contributed by atoms with Crippen molar-refractivity contribution in [3.05, 3.63) is 45.2 Å². The zero-order valence-electron chi connectivity index (χ0n) is 9.24. The standard InChI is InChI=1S/C12H11Br2N3/c1-2-11-16-10(14)7-12(17-11)15-9-6-4-3-5-8(9)13/h3-7H,2H2,1H3,(H,15,16,17). The lowest BCUT2D eigenvalue weighted by Gasteiger charge is -2.08. The number of aryl methyl sites for hydroxylation is 1. The van der Waals surface area contributed by atoms with Crippen molar-refractivity contribution in [2.24, 2.45) is 0 Å². The number of rotatable bonds is 3. The third-order valence-electron chi connectivity index (χ3n) is 2.19. The number of nitrogens with zero attached hydrogens (tertiary/aromatic N) is 2. The van der Waals surface area contributed by atoms with Crippen LogP contribution in [0.2, 0.25) is 0 Å². The van der Waals surface area contributed by atoms with Crippen LogP contribution >= 0.6 is 31.9 Å². The molecular formula is C12H11Br2N3. The topological polar surface area (TPSA) is 37.8 Å². The van der Waals surface area contributed by atoms with Gasteiger partial charge in [-0.15, -0.1) is 0 Å². The highest BCUT2D eigenvalue weighted by atomic mass is 79.9. The maximum Gasteiger partial charge on any atom is 0.135 e. The van der Waals surface area contributed by atoms with E-state index in [2.05, 4.69) is 47.1 Å². The maximum atomic E-state index is 4.42. The third kappa shape index (κ3) is 3.26. The van der Waals surface area contributed by atoms with E-state index in [0.717, 1.165) is 32.8 Å². The fourth-order valence-electron chi connectivity index (χ4n) is 1.39. The number of hydrogen-bond donors (Lipinski definition) is 1. The van der Waals surface area contributed by atoms with Gasteiger partial charge in [0.15, 0.2) is 0 Å². The molecule has 3 nitrogen and oxygen atoms in total. The van der Waals surface area contributed by atoms with Gasteiger partial charge in [0.05, 0.1) is 5.69 Å². The highest BCUT2D eigenvalue weighted by molar-refractivity contribution is 9.10. The molecule has 0 atom stereocenters. The molecule has 0 radical (unpaired) electrons. The van der Waals surface area contributed by atoms with Crippen LogP contribution in [0.4, 0.5) is 11.5 Å². The first kappa shape index (κ1) is 12.5. The quantitative estimate of drug-likeness (QED) is 0.833. The summed E-state index contributed by atoms with van der Waals surface area (Å²) < 4.78 is 1.80. The summed E-state index contributed by atoms with van der Waals surface area (Å²) in [5.74, 6) is 1.60. The second-order valence-corrected chi connectivity index (χ2v) is 5.12. The van der Waals surface area contributed by atoms with Crippen LogP contribution in [0.25, 0.3) is 0 Å². The number of halogens is 2. The summed E-state index contributed by atoms with van der Waals surface area (Å²) in [4.78, 5) is 8.69. The van der Waals surface area contributed by atoms with Gasteiger partial charge in [-0.25, -0.2) is 9.97 Å². The van der Waals surface area contributed by atoms with Crippen LogP contribution in [0.3, 0.4) is 0 Å². The number of aromatic nitrogens is 2. The molecule has 0 aliphatic carbocycles. The lowest BCUT2D eigenvalue weighted by Crippen LogP contribution is -2.00. The Hall–Kier alpha value is -0.940. The zero-order valence-corrected chi connectivity index (χ0v) is 12.4. The summed E-state index contributed by atoms with van der Waals surface area (Å²) in [6.07, 6.45) is 0.810. The van der Waals surface area contributed by atoms with E-state index in [9.17, 15) is 0 Å². The molecule has 5 heteroatoms. The zero-order chi connectivity index (χ0) is 12.3. The van der Waals surface area contributed by atoms with Gasteiger partial charge in [0.25, 0.3) is 0 Å². The van der Waals surface area contributed by atoms with E-state index in [1.807, 2.05) is 37.3 Å². The second-order valence-electron chi connectivity index (χ2n) is 3.45. The summed E-state index contributed by atoms with van der Waals surface area (Å²) in [6, 6.07) is 9.79. The number of anilines is 2. The predicted octanol–water partition coefficient (Wildman–Crippen LogP) is 4.31. The molecule has 17 heavy (non-hydrogen) atoms. The van der Waals surface area contributed by atoms with E-state index < -0.39 is 0 Å². The average molecular weight is 357 g/mol. The van der Waals surface area contributed by atoms with Crippen molar-refractivity contribution in [3.63, 3.8) is 0 Å². The van der Waals surface area contributed by atoms with E-state index in [4.69, 9.17) is 0 Å². The van der Waals surface area contributed by atoms with Gasteiger partial charge in [-0.1, -0.05) is 19.1 Å². The van der Waals surface area contributed by atoms with Gasteiger partial charge in [-0.3, -0.25) is 0 Å². The van der Waals surface area contributed by atoms with E-state index in [1.54, 1.807) is 0 Å². The molecule has 0 saturated carbocycles. The minimum Gasteiger partial charge on any atom is -0.339 e. The van der Waals surface area contributed by atoms with Gasteiger partial charge in [0, 0.05) is 17.0 Å². The Balaban J connectivity index is 2.30. The molecule has 0 saturated heterocycles. The van der Waals surface area contributed by atoms with Crippen molar-refractivity contribution in [1.29, 1.82) is 0 Å². The molecule has 2 rings (SSSR count). The molecule has 0 aliphatic rings. The monoisotopic (exact) mass is 355 g/mol. The fourth-order valence-corrected chi connectivity index (χ4v) is 2.19. The van der Waals surface area contributed by atoms with Crippen molar-refractivity contribution < 1.29 is 0 Å². The fraction of sp³-hybridized carbons (Fsp3) is 0.167. The Morgan fingerprint density at radius 1 is 1.18 bits per heavy atom. The molecule has 0 aliphatic heterocycles. The molecule has 0 unspecified atom stereocenters. The summed E-state index contributed by atoms with van der Waals surface area (Å²) in [5, 5.41) is 3.26. The molecular weight excluding hydrogens is 346 g/mol. The van der Waals surface area contributed by atoms with Gasteiger partial charge >= 0.3 is 0 Å². The molecule has 1 aromatic carbocycles.